The lowest BCUT2D eigenvalue weighted by Crippen LogP contribution is -2.51. The van der Waals surface area contributed by atoms with E-state index in [1.165, 1.54) is 12.1 Å². The fourth-order valence-corrected chi connectivity index (χ4v) is 7.70. The van der Waals surface area contributed by atoms with Gasteiger partial charge in [0.2, 0.25) is 6.79 Å². The monoisotopic (exact) mass is 717 g/mol. The lowest BCUT2D eigenvalue weighted by atomic mass is 9.99. The van der Waals surface area contributed by atoms with Gasteiger partial charge in [-0.05, 0) is 73.6 Å². The largest absolute Gasteiger partial charge is 0.489 e. The molecule has 3 fully saturated rings. The molecule has 0 spiro atoms. The second kappa shape index (κ2) is 15.3. The van der Waals surface area contributed by atoms with Crippen LogP contribution in [0.2, 0.25) is 0 Å². The van der Waals surface area contributed by atoms with E-state index >= 15 is 0 Å². The van der Waals surface area contributed by atoms with Gasteiger partial charge in [-0.1, -0.05) is 44.2 Å². The summed E-state index contributed by atoms with van der Waals surface area (Å²) in [6.07, 6.45) is -0.174. The molecule has 3 aromatic carbocycles. The number of non-ortho nitro benzene ring substituents is 1. The number of ether oxygens (including phenoxy) is 7. The van der Waals surface area contributed by atoms with Crippen LogP contribution < -0.4 is 14.2 Å². The van der Waals surface area contributed by atoms with E-state index < -0.39 is 16.7 Å². The van der Waals surface area contributed by atoms with Gasteiger partial charge in [-0.15, -0.1) is 0 Å². The molecule has 52 heavy (non-hydrogen) atoms. The number of hydrogen-bond acceptors (Lipinski definition) is 11. The van der Waals surface area contributed by atoms with Crippen LogP contribution in [-0.4, -0.2) is 84.2 Å². The lowest BCUT2D eigenvalue weighted by Gasteiger charge is -2.34. The number of nitro benzene ring substituents is 1. The molecule has 0 bridgehead atoms. The van der Waals surface area contributed by atoms with Gasteiger partial charge in [0, 0.05) is 31.8 Å². The summed E-state index contributed by atoms with van der Waals surface area (Å²) >= 11 is 0. The minimum atomic E-state index is -0.943. The maximum atomic E-state index is 14.2. The van der Waals surface area contributed by atoms with E-state index in [4.69, 9.17) is 33.2 Å². The Kier molecular flexibility index (Phi) is 10.6. The first-order chi connectivity index (χ1) is 25.0. The highest BCUT2D eigenvalue weighted by molar-refractivity contribution is 5.70. The maximum Gasteiger partial charge on any atom is 0.412 e. The maximum absolute atomic E-state index is 14.2. The molecule has 4 heterocycles. The molecule has 7 rings (SSSR count). The highest BCUT2D eigenvalue weighted by Gasteiger charge is 2.52. The zero-order chi connectivity index (χ0) is 36.4. The topological polar surface area (TPSA) is 131 Å². The molecular formula is C39H47N3O10. The molecule has 0 radical (unpaired) electrons. The Morgan fingerprint density at radius 1 is 1.02 bits per heavy atom. The molecule has 1 amide bonds. The van der Waals surface area contributed by atoms with Crippen molar-refractivity contribution in [3.05, 3.63) is 93.5 Å². The second-order valence-corrected chi connectivity index (χ2v) is 14.8. The summed E-state index contributed by atoms with van der Waals surface area (Å²) in [5.41, 5.74) is 1.88. The van der Waals surface area contributed by atoms with Crippen molar-refractivity contribution in [1.82, 2.24) is 9.80 Å². The number of carbonyl (C=O) groups is 1. The van der Waals surface area contributed by atoms with Crippen LogP contribution in [0.5, 0.6) is 17.2 Å². The molecule has 5 atom stereocenters. The van der Waals surface area contributed by atoms with Crippen molar-refractivity contribution in [2.45, 2.75) is 84.0 Å². The third-order valence-electron chi connectivity index (χ3n) is 10.0. The quantitative estimate of drug-likeness (QED) is 0.146. The Balaban J connectivity index is 1.10. The normalized spacial score (nSPS) is 24.4. The molecule has 3 saturated heterocycles. The number of carbonyl (C=O) groups excluding carboxylic acids is 1. The van der Waals surface area contributed by atoms with Gasteiger partial charge in [-0.2, -0.15) is 0 Å². The van der Waals surface area contributed by atoms with E-state index in [0.29, 0.717) is 50.0 Å². The van der Waals surface area contributed by atoms with Crippen LogP contribution in [0, 0.1) is 22.0 Å². The van der Waals surface area contributed by atoms with Crippen molar-refractivity contribution >= 4 is 11.8 Å². The summed E-state index contributed by atoms with van der Waals surface area (Å²) < 4.78 is 41.6. The first-order valence-electron chi connectivity index (χ1n) is 18.0. The molecule has 278 valence electrons. The molecule has 13 heteroatoms. The molecular weight excluding hydrogens is 670 g/mol. The number of rotatable bonds is 13. The fourth-order valence-electron chi connectivity index (χ4n) is 7.70. The van der Waals surface area contributed by atoms with Crippen LogP contribution >= 0.6 is 0 Å². The van der Waals surface area contributed by atoms with Gasteiger partial charge in [0.25, 0.3) is 5.69 Å². The Labute approximate surface area is 303 Å². The molecule has 0 saturated carbocycles. The average molecular weight is 718 g/mol. The van der Waals surface area contributed by atoms with Crippen LogP contribution in [0.25, 0.3) is 0 Å². The van der Waals surface area contributed by atoms with Gasteiger partial charge in [0.1, 0.15) is 24.2 Å². The summed E-state index contributed by atoms with van der Waals surface area (Å²) in [6, 6.07) is 19.8. The van der Waals surface area contributed by atoms with E-state index in [0.717, 1.165) is 35.6 Å². The van der Waals surface area contributed by atoms with Crippen molar-refractivity contribution in [2.75, 3.05) is 33.1 Å². The van der Waals surface area contributed by atoms with Crippen molar-refractivity contribution in [1.29, 1.82) is 0 Å². The van der Waals surface area contributed by atoms with E-state index in [-0.39, 0.29) is 49.5 Å². The summed E-state index contributed by atoms with van der Waals surface area (Å²) in [5, 5.41) is 11.2. The Hall–Kier alpha value is -4.43. The van der Waals surface area contributed by atoms with E-state index in [9.17, 15) is 14.9 Å². The van der Waals surface area contributed by atoms with Gasteiger partial charge < -0.3 is 33.2 Å². The molecule has 4 aliphatic heterocycles. The summed E-state index contributed by atoms with van der Waals surface area (Å²) in [5.74, 6) is 2.53. The molecule has 0 aliphatic carbocycles. The number of amides is 1. The number of fused-ring (bicyclic) bond motifs is 2. The Morgan fingerprint density at radius 3 is 2.60 bits per heavy atom. The molecule has 0 N–H and O–H groups in total. The van der Waals surface area contributed by atoms with Crippen molar-refractivity contribution < 1.29 is 42.9 Å². The van der Waals surface area contributed by atoms with Crippen molar-refractivity contribution in [3.8, 4) is 17.2 Å². The number of nitrogens with zero attached hydrogens (tertiary/aromatic N) is 3. The third-order valence-corrected chi connectivity index (χ3v) is 10.0. The first kappa shape index (κ1) is 36.0. The minimum Gasteiger partial charge on any atom is -0.489 e. The van der Waals surface area contributed by atoms with Crippen molar-refractivity contribution in [2.24, 2.45) is 11.8 Å². The zero-order valence-electron chi connectivity index (χ0n) is 30.1. The molecule has 0 aromatic heterocycles. The molecule has 5 unspecified atom stereocenters. The van der Waals surface area contributed by atoms with Crippen LogP contribution in [0.4, 0.5) is 10.5 Å². The second-order valence-electron chi connectivity index (χ2n) is 14.8. The predicted octanol–water partition coefficient (Wildman–Crippen LogP) is 6.31. The van der Waals surface area contributed by atoms with Gasteiger partial charge in [-0.3, -0.25) is 19.9 Å². The van der Waals surface area contributed by atoms with Gasteiger partial charge in [0.05, 0.1) is 36.2 Å². The molecule has 13 nitrogen and oxygen atoms in total. The lowest BCUT2D eigenvalue weighted by molar-refractivity contribution is -0.384. The standard InChI is InChI=1S/C39H47N3O10/c1-25(2)19-40(20-27-10-13-33-34(18-27)50-24-49-33)21-35-32(41(39(3,4)52-35)38(43)51-36-23-48-37-31(36)14-15-46-37)17-26-8-11-30(12-9-26)47-22-28-6-5-7-29(16-28)42(44)45/h5-13,16,18,25,31-32,35-37H,14-15,17,19-24H2,1-4H3. The Bertz CT molecular complexity index is 1730. The van der Waals surface area contributed by atoms with Crippen LogP contribution in [0.1, 0.15) is 50.8 Å². The minimum absolute atomic E-state index is 0.0163. The van der Waals surface area contributed by atoms with Gasteiger partial charge in [-0.25, -0.2) is 4.79 Å². The van der Waals surface area contributed by atoms with Crippen LogP contribution in [0.3, 0.4) is 0 Å². The SMILES string of the molecule is CC(C)CN(Cc1ccc2c(c1)OCO2)CC1OC(C)(C)N(C(=O)OC2COC3OCCC23)C1Cc1ccc(OCc2cccc([N+](=O)[O-])c2)cc1. The van der Waals surface area contributed by atoms with Gasteiger partial charge >= 0.3 is 6.09 Å². The van der Waals surface area contributed by atoms with E-state index in [1.807, 2.05) is 50.2 Å². The highest BCUT2D eigenvalue weighted by Crippen LogP contribution is 2.39. The van der Waals surface area contributed by atoms with Crippen molar-refractivity contribution in [3.63, 3.8) is 0 Å². The number of nitro groups is 1. The number of benzene rings is 3. The van der Waals surface area contributed by atoms with E-state index in [1.54, 1.807) is 17.0 Å². The highest BCUT2D eigenvalue weighted by atomic mass is 16.7. The van der Waals surface area contributed by atoms with Crippen LogP contribution in [-0.2, 0) is 38.5 Å². The van der Waals surface area contributed by atoms with E-state index in [2.05, 4.69) is 24.8 Å². The average Bonchev–Trinajstić information content (AvgIpc) is 3.89. The Morgan fingerprint density at radius 2 is 1.81 bits per heavy atom. The van der Waals surface area contributed by atoms with Gasteiger partial charge in [0.15, 0.2) is 17.8 Å². The third kappa shape index (κ3) is 8.12. The molecule has 4 aliphatic rings. The first-order valence-corrected chi connectivity index (χ1v) is 18.0. The smallest absolute Gasteiger partial charge is 0.412 e. The zero-order valence-corrected chi connectivity index (χ0v) is 30.1. The summed E-state index contributed by atoms with van der Waals surface area (Å²) in [7, 11) is 0. The summed E-state index contributed by atoms with van der Waals surface area (Å²) in [4.78, 5) is 29.1. The number of hydrogen-bond donors (Lipinski definition) is 0. The summed E-state index contributed by atoms with van der Waals surface area (Å²) in [6.45, 7) is 11.6. The fraction of sp³-hybridized carbons (Fsp3) is 0.513. The van der Waals surface area contributed by atoms with Crippen LogP contribution in [0.15, 0.2) is 66.7 Å². The molecule has 3 aromatic rings. The predicted molar refractivity (Wildman–Crippen MR) is 189 cm³/mol.